The number of aliphatic hydroxyl groups excluding tert-OH is 1. The molecule has 1 aliphatic heterocycles. The molecule has 0 radical (unpaired) electrons. The van der Waals surface area contributed by atoms with E-state index in [4.69, 9.17) is 9.73 Å². The zero-order chi connectivity index (χ0) is 25.4. The van der Waals surface area contributed by atoms with Crippen molar-refractivity contribution in [2.24, 2.45) is 51.8 Å². The van der Waals surface area contributed by atoms with Crippen LogP contribution in [0.1, 0.15) is 80.1 Å². The fourth-order valence-electron chi connectivity index (χ4n) is 9.09. The van der Waals surface area contributed by atoms with E-state index < -0.39 is 0 Å². The summed E-state index contributed by atoms with van der Waals surface area (Å²) in [7, 11) is 4.19. The molecule has 0 spiro atoms. The molecule has 5 rings (SSSR count). The van der Waals surface area contributed by atoms with Crippen molar-refractivity contribution < 1.29 is 14.6 Å². The lowest BCUT2D eigenvalue weighted by Gasteiger charge is -2.57. The van der Waals surface area contributed by atoms with Crippen LogP contribution in [-0.4, -0.2) is 59.6 Å². The number of fused-ring (bicyclic) bond motifs is 6. The van der Waals surface area contributed by atoms with Crippen molar-refractivity contribution in [3.05, 3.63) is 11.6 Å². The second kappa shape index (κ2) is 8.68. The van der Waals surface area contributed by atoms with Crippen LogP contribution in [0.4, 0.5) is 0 Å². The molecule has 11 unspecified atom stereocenters. The molecule has 0 aromatic rings. The van der Waals surface area contributed by atoms with E-state index in [1.165, 1.54) is 5.57 Å². The molecule has 5 aliphatic rings. The summed E-state index contributed by atoms with van der Waals surface area (Å²) in [5.41, 5.74) is 1.23. The van der Waals surface area contributed by atoms with Gasteiger partial charge < -0.3 is 14.7 Å². The first-order chi connectivity index (χ1) is 16.4. The van der Waals surface area contributed by atoms with E-state index in [1.54, 1.807) is 0 Å². The van der Waals surface area contributed by atoms with Crippen molar-refractivity contribution in [1.82, 2.24) is 4.90 Å². The van der Waals surface area contributed by atoms with Crippen molar-refractivity contribution in [3.63, 3.8) is 0 Å². The molecule has 5 heteroatoms. The second-order valence-electron chi connectivity index (χ2n) is 13.6. The van der Waals surface area contributed by atoms with Gasteiger partial charge >= 0.3 is 0 Å². The summed E-state index contributed by atoms with van der Waals surface area (Å²) in [6.07, 6.45) is 7.77. The maximum absolute atomic E-state index is 13.7. The molecule has 196 valence electrons. The SMILES string of the molecule is CC(C)C1=NC2(C)CC=C3CC4C(=O)CC5C(CC(O)C5C(C)N(C)C)C4CCC3C2(C)C(C)O1. The first-order valence-electron chi connectivity index (χ1n) is 14.2. The summed E-state index contributed by atoms with van der Waals surface area (Å²) in [5.74, 6) is 3.54. The molecule has 3 fully saturated rings. The monoisotopic (exact) mass is 484 g/mol. The van der Waals surface area contributed by atoms with Crippen molar-refractivity contribution in [2.45, 2.75) is 104 Å². The van der Waals surface area contributed by atoms with E-state index in [9.17, 15) is 9.90 Å². The van der Waals surface area contributed by atoms with Gasteiger partial charge in [-0.25, -0.2) is 4.99 Å². The van der Waals surface area contributed by atoms with E-state index in [0.717, 1.165) is 38.0 Å². The summed E-state index contributed by atoms with van der Waals surface area (Å²) in [5, 5.41) is 11.1. The largest absolute Gasteiger partial charge is 0.477 e. The molecule has 4 aliphatic carbocycles. The van der Waals surface area contributed by atoms with Crippen LogP contribution in [-0.2, 0) is 9.53 Å². The highest BCUT2D eigenvalue weighted by Gasteiger charge is 2.61. The lowest BCUT2D eigenvalue weighted by atomic mass is 9.53. The van der Waals surface area contributed by atoms with E-state index >= 15 is 0 Å². The van der Waals surface area contributed by atoms with Crippen LogP contribution >= 0.6 is 0 Å². The normalized spacial score (nSPS) is 48.1. The Bertz CT molecular complexity index is 925. The van der Waals surface area contributed by atoms with Crippen LogP contribution in [0.3, 0.4) is 0 Å². The van der Waals surface area contributed by atoms with Crippen molar-refractivity contribution >= 4 is 11.7 Å². The Morgan fingerprint density at radius 2 is 1.83 bits per heavy atom. The zero-order valence-corrected chi connectivity index (χ0v) is 23.3. The van der Waals surface area contributed by atoms with E-state index in [0.29, 0.717) is 41.8 Å². The highest BCUT2D eigenvalue weighted by Crippen LogP contribution is 2.61. The minimum atomic E-state index is -0.296. The predicted octanol–water partition coefficient (Wildman–Crippen LogP) is 5.12. The molecular weight excluding hydrogens is 436 g/mol. The molecule has 35 heavy (non-hydrogen) atoms. The van der Waals surface area contributed by atoms with Crippen LogP contribution in [0.25, 0.3) is 0 Å². The minimum absolute atomic E-state index is 0.0808. The molecule has 0 aromatic carbocycles. The highest BCUT2D eigenvalue weighted by atomic mass is 16.5. The molecule has 5 nitrogen and oxygen atoms in total. The average molecular weight is 485 g/mol. The van der Waals surface area contributed by atoms with Gasteiger partial charge in [-0.15, -0.1) is 0 Å². The summed E-state index contributed by atoms with van der Waals surface area (Å²) < 4.78 is 6.48. The first kappa shape index (κ1) is 25.4. The number of ether oxygens (including phenoxy) is 1. The molecular formula is C30H48N2O3. The maximum Gasteiger partial charge on any atom is 0.186 e. The Balaban J connectivity index is 1.46. The Hall–Kier alpha value is -1.20. The van der Waals surface area contributed by atoms with Gasteiger partial charge in [0.2, 0.25) is 0 Å². The lowest BCUT2D eigenvalue weighted by molar-refractivity contribution is -0.131. The van der Waals surface area contributed by atoms with Gasteiger partial charge in [0.1, 0.15) is 11.9 Å². The van der Waals surface area contributed by atoms with Gasteiger partial charge in [0.05, 0.1) is 11.6 Å². The topological polar surface area (TPSA) is 62.1 Å². The second-order valence-corrected chi connectivity index (χ2v) is 13.6. The highest BCUT2D eigenvalue weighted by molar-refractivity contribution is 5.83. The van der Waals surface area contributed by atoms with Crippen molar-refractivity contribution in [3.8, 4) is 0 Å². The number of rotatable bonds is 3. The van der Waals surface area contributed by atoms with Gasteiger partial charge in [0, 0.05) is 35.6 Å². The van der Waals surface area contributed by atoms with Crippen molar-refractivity contribution in [2.75, 3.05) is 14.1 Å². The quantitative estimate of drug-likeness (QED) is 0.565. The Morgan fingerprint density at radius 3 is 2.49 bits per heavy atom. The molecule has 0 aromatic heterocycles. The fraction of sp³-hybridized carbons (Fsp3) is 0.867. The number of allylic oxidation sites excluding steroid dienone is 1. The third kappa shape index (κ3) is 3.69. The summed E-state index contributed by atoms with van der Waals surface area (Å²) in [6, 6.07) is 0.285. The number of carbonyl (C=O) groups excluding carboxylic acids is 1. The number of aliphatic imine (C=N–C) groups is 1. The maximum atomic E-state index is 13.7. The predicted molar refractivity (Wildman–Crippen MR) is 140 cm³/mol. The van der Waals surface area contributed by atoms with Gasteiger partial charge in [-0.2, -0.15) is 0 Å². The number of ketones is 1. The van der Waals surface area contributed by atoms with Gasteiger partial charge in [-0.1, -0.05) is 32.4 Å². The summed E-state index contributed by atoms with van der Waals surface area (Å²) >= 11 is 0. The lowest BCUT2D eigenvalue weighted by Crippen LogP contribution is -2.60. The molecule has 0 bridgehead atoms. The molecule has 0 amide bonds. The molecule has 11 atom stereocenters. The fourth-order valence-corrected chi connectivity index (χ4v) is 9.09. The van der Waals surface area contributed by atoms with Gasteiger partial charge in [-0.3, -0.25) is 4.79 Å². The number of hydrogen-bond donors (Lipinski definition) is 1. The van der Waals surface area contributed by atoms with Gasteiger partial charge in [0.15, 0.2) is 5.90 Å². The zero-order valence-electron chi connectivity index (χ0n) is 23.3. The van der Waals surface area contributed by atoms with Crippen LogP contribution < -0.4 is 0 Å². The Kier molecular flexibility index (Phi) is 6.31. The Labute approximate surface area is 212 Å². The van der Waals surface area contributed by atoms with Crippen LogP contribution in [0, 0.1) is 46.8 Å². The molecule has 3 saturated carbocycles. The molecule has 1 heterocycles. The third-order valence-electron chi connectivity index (χ3n) is 11.6. The van der Waals surface area contributed by atoms with Crippen LogP contribution in [0.15, 0.2) is 16.6 Å². The molecule has 1 N–H and O–H groups in total. The van der Waals surface area contributed by atoms with E-state index in [2.05, 4.69) is 66.6 Å². The van der Waals surface area contributed by atoms with Crippen LogP contribution in [0.2, 0.25) is 0 Å². The summed E-state index contributed by atoms with van der Waals surface area (Å²) in [4.78, 5) is 21.1. The number of nitrogens with zero attached hydrogens (tertiary/aromatic N) is 2. The number of aliphatic hydroxyl groups is 1. The average Bonchev–Trinajstić information content (AvgIpc) is 2.97. The van der Waals surface area contributed by atoms with Gasteiger partial charge in [-0.05, 0) is 90.6 Å². The minimum Gasteiger partial charge on any atom is -0.477 e. The van der Waals surface area contributed by atoms with E-state index in [-0.39, 0.29) is 41.0 Å². The number of Topliss-reactive ketones (excluding diaryl/α,β-unsaturated/α-hetero) is 1. The molecule has 0 saturated heterocycles. The Morgan fingerprint density at radius 1 is 1.11 bits per heavy atom. The van der Waals surface area contributed by atoms with Gasteiger partial charge in [0.25, 0.3) is 0 Å². The first-order valence-corrected chi connectivity index (χ1v) is 14.2. The third-order valence-corrected chi connectivity index (χ3v) is 11.6. The smallest absolute Gasteiger partial charge is 0.186 e. The standard InChI is InChI=1S/C30H48N2O3/c1-16(2)28-31-29(5)12-11-19-13-22-20(9-10-24(19)30(29,6)18(4)35-28)21-14-26(34)27(17(3)32(7)8)23(21)15-25(22)33/h11,16-18,20-24,26-27,34H,9-10,12-15H2,1-8H3. The van der Waals surface area contributed by atoms with Crippen molar-refractivity contribution in [1.29, 1.82) is 0 Å². The number of carbonyl (C=O) groups is 1. The number of hydrogen-bond acceptors (Lipinski definition) is 5. The van der Waals surface area contributed by atoms with Crippen LogP contribution in [0.5, 0.6) is 0 Å². The van der Waals surface area contributed by atoms with E-state index in [1.807, 2.05) is 0 Å². The summed E-state index contributed by atoms with van der Waals surface area (Å²) in [6.45, 7) is 13.5.